The number of hydrogen-bond acceptors (Lipinski definition) is 5. The Morgan fingerprint density at radius 2 is 1.84 bits per heavy atom. The molecule has 2 aromatic rings. The van der Waals surface area contributed by atoms with Gasteiger partial charge < -0.3 is 20.1 Å². The van der Waals surface area contributed by atoms with Crippen molar-refractivity contribution in [2.75, 3.05) is 13.2 Å². The second-order valence-electron chi connectivity index (χ2n) is 5.63. The summed E-state index contributed by atoms with van der Waals surface area (Å²) in [6.45, 7) is 2.96. The van der Waals surface area contributed by atoms with Crippen molar-refractivity contribution in [3.8, 4) is 11.5 Å². The fraction of sp³-hybridized carbons (Fsp3) is 0.278. The second-order valence-corrected chi connectivity index (χ2v) is 5.63. The van der Waals surface area contributed by atoms with Gasteiger partial charge in [0.1, 0.15) is 19.3 Å². The van der Waals surface area contributed by atoms with Crippen molar-refractivity contribution >= 4 is 11.8 Å². The topological polar surface area (TPSA) is 89.5 Å². The molecule has 0 saturated heterocycles. The zero-order valence-corrected chi connectivity index (χ0v) is 13.8. The molecule has 3 rings (SSSR count). The molecule has 2 heterocycles. The molecule has 0 unspecified atom stereocenters. The molecule has 0 aliphatic carbocycles. The normalized spacial score (nSPS) is 13.6. The van der Waals surface area contributed by atoms with Gasteiger partial charge in [0.2, 0.25) is 5.91 Å². The second kappa shape index (κ2) is 7.65. The number of nitrogens with zero attached hydrogens (tertiary/aromatic N) is 1. The summed E-state index contributed by atoms with van der Waals surface area (Å²) < 4.78 is 10.9. The highest BCUT2D eigenvalue weighted by Crippen LogP contribution is 2.30. The van der Waals surface area contributed by atoms with Crippen LogP contribution < -0.4 is 20.1 Å². The summed E-state index contributed by atoms with van der Waals surface area (Å²) in [5.74, 6) is 0.547. The predicted octanol–water partition coefficient (Wildman–Crippen LogP) is 1.29. The molecule has 1 atom stereocenters. The van der Waals surface area contributed by atoms with E-state index in [4.69, 9.17) is 9.47 Å². The van der Waals surface area contributed by atoms with E-state index in [1.165, 1.54) is 0 Å². The Bertz CT molecular complexity index is 764. The highest BCUT2D eigenvalue weighted by atomic mass is 16.6. The monoisotopic (exact) mass is 341 g/mol. The van der Waals surface area contributed by atoms with Crippen molar-refractivity contribution in [1.82, 2.24) is 15.6 Å². The van der Waals surface area contributed by atoms with E-state index in [9.17, 15) is 9.59 Å². The highest BCUT2D eigenvalue weighted by molar-refractivity contribution is 5.97. The molecule has 0 fully saturated rings. The highest BCUT2D eigenvalue weighted by Gasteiger charge is 2.19. The number of benzene rings is 1. The van der Waals surface area contributed by atoms with Crippen LogP contribution in [0, 0.1) is 0 Å². The molecule has 2 amide bonds. The number of carbonyl (C=O) groups excluding carboxylic acids is 2. The number of ether oxygens (including phenoxy) is 2. The summed E-state index contributed by atoms with van der Waals surface area (Å²) in [6, 6.07) is 7.92. The first kappa shape index (κ1) is 16.8. The van der Waals surface area contributed by atoms with Gasteiger partial charge in [-0.15, -0.1) is 0 Å². The Kier molecular flexibility index (Phi) is 5.13. The summed E-state index contributed by atoms with van der Waals surface area (Å²) in [6.07, 6.45) is 3.32. The fourth-order valence-corrected chi connectivity index (χ4v) is 2.37. The van der Waals surface area contributed by atoms with Crippen LogP contribution in [0.3, 0.4) is 0 Å². The van der Waals surface area contributed by atoms with Crippen molar-refractivity contribution in [2.24, 2.45) is 0 Å². The molecule has 2 N–H and O–H groups in total. The van der Waals surface area contributed by atoms with Crippen molar-refractivity contribution in [2.45, 2.75) is 19.5 Å². The molecule has 0 saturated carbocycles. The van der Waals surface area contributed by atoms with E-state index in [2.05, 4.69) is 15.6 Å². The minimum atomic E-state index is -0.664. The molecule has 1 aliphatic heterocycles. The van der Waals surface area contributed by atoms with Crippen LogP contribution in [0.1, 0.15) is 22.8 Å². The number of fused-ring (bicyclic) bond motifs is 1. The van der Waals surface area contributed by atoms with Crippen LogP contribution in [-0.2, 0) is 11.3 Å². The number of nitrogens with one attached hydrogen (secondary N) is 2. The molecular formula is C18H19N3O4. The summed E-state index contributed by atoms with van der Waals surface area (Å²) >= 11 is 0. The first-order valence-corrected chi connectivity index (χ1v) is 8.00. The average molecular weight is 341 g/mol. The van der Waals surface area contributed by atoms with E-state index < -0.39 is 6.04 Å². The lowest BCUT2D eigenvalue weighted by Crippen LogP contribution is -2.44. The first-order chi connectivity index (χ1) is 12.1. The average Bonchev–Trinajstić information content (AvgIpc) is 2.66. The maximum atomic E-state index is 12.3. The molecule has 130 valence electrons. The molecule has 0 radical (unpaired) electrons. The van der Waals surface area contributed by atoms with Gasteiger partial charge in [-0.2, -0.15) is 0 Å². The summed E-state index contributed by atoms with van der Waals surface area (Å²) in [7, 11) is 0. The Morgan fingerprint density at radius 3 is 2.60 bits per heavy atom. The molecular weight excluding hydrogens is 322 g/mol. The third-order valence-corrected chi connectivity index (χ3v) is 3.76. The van der Waals surface area contributed by atoms with E-state index in [0.29, 0.717) is 36.8 Å². The van der Waals surface area contributed by atoms with E-state index in [1.54, 1.807) is 37.5 Å². The SMILES string of the molecule is C[C@H](NC(=O)c1ccc2c(c1)OCCO2)C(=O)NCc1ccncc1. The summed E-state index contributed by atoms with van der Waals surface area (Å²) in [5, 5.41) is 5.46. The van der Waals surface area contributed by atoms with Gasteiger partial charge in [0.05, 0.1) is 0 Å². The molecule has 1 aromatic carbocycles. The summed E-state index contributed by atoms with van der Waals surface area (Å²) in [5.41, 5.74) is 1.35. The Hall–Kier alpha value is -3.09. The van der Waals surface area contributed by atoms with Gasteiger partial charge in [-0.25, -0.2) is 0 Å². The first-order valence-electron chi connectivity index (χ1n) is 8.00. The lowest BCUT2D eigenvalue weighted by Gasteiger charge is -2.19. The van der Waals surface area contributed by atoms with Gasteiger partial charge in [0, 0.05) is 24.5 Å². The van der Waals surface area contributed by atoms with Crippen LogP contribution in [0.5, 0.6) is 11.5 Å². The van der Waals surface area contributed by atoms with Gasteiger partial charge in [0.25, 0.3) is 5.91 Å². The van der Waals surface area contributed by atoms with Gasteiger partial charge in [-0.1, -0.05) is 0 Å². The van der Waals surface area contributed by atoms with E-state index in [-0.39, 0.29) is 11.8 Å². The molecule has 0 spiro atoms. The molecule has 7 heteroatoms. The van der Waals surface area contributed by atoms with Crippen LogP contribution in [-0.4, -0.2) is 36.1 Å². The number of aromatic nitrogens is 1. The van der Waals surface area contributed by atoms with Gasteiger partial charge in [-0.3, -0.25) is 14.6 Å². The number of amides is 2. The molecule has 0 bridgehead atoms. The minimum absolute atomic E-state index is 0.261. The van der Waals surface area contributed by atoms with Crippen LogP contribution in [0.25, 0.3) is 0 Å². The molecule has 7 nitrogen and oxygen atoms in total. The zero-order chi connectivity index (χ0) is 17.6. The Balaban J connectivity index is 1.55. The van der Waals surface area contributed by atoms with Gasteiger partial charge in [-0.05, 0) is 42.8 Å². The fourth-order valence-electron chi connectivity index (χ4n) is 2.37. The zero-order valence-electron chi connectivity index (χ0n) is 13.8. The van der Waals surface area contributed by atoms with E-state index in [0.717, 1.165) is 5.56 Å². The lowest BCUT2D eigenvalue weighted by atomic mass is 10.1. The maximum absolute atomic E-state index is 12.3. The predicted molar refractivity (Wildman–Crippen MR) is 90.4 cm³/mol. The Labute approximate surface area is 145 Å². The van der Waals surface area contributed by atoms with Gasteiger partial charge >= 0.3 is 0 Å². The van der Waals surface area contributed by atoms with Gasteiger partial charge in [0.15, 0.2) is 11.5 Å². The number of rotatable bonds is 5. The standard InChI is InChI=1S/C18H19N3O4/c1-12(17(22)20-11-13-4-6-19-7-5-13)21-18(23)14-2-3-15-16(10-14)25-9-8-24-15/h2-7,10,12H,8-9,11H2,1H3,(H,20,22)(H,21,23)/t12-/m0/s1. The van der Waals surface area contributed by atoms with Crippen molar-refractivity contribution < 1.29 is 19.1 Å². The number of hydrogen-bond donors (Lipinski definition) is 2. The van der Waals surface area contributed by atoms with Crippen LogP contribution >= 0.6 is 0 Å². The molecule has 1 aliphatic rings. The quantitative estimate of drug-likeness (QED) is 0.855. The van der Waals surface area contributed by atoms with Crippen molar-refractivity contribution in [3.63, 3.8) is 0 Å². The third-order valence-electron chi connectivity index (χ3n) is 3.76. The minimum Gasteiger partial charge on any atom is -0.486 e. The molecule has 1 aromatic heterocycles. The largest absolute Gasteiger partial charge is 0.486 e. The van der Waals surface area contributed by atoms with E-state index in [1.807, 2.05) is 12.1 Å². The van der Waals surface area contributed by atoms with Crippen LogP contribution in [0.15, 0.2) is 42.7 Å². The lowest BCUT2D eigenvalue weighted by molar-refractivity contribution is -0.122. The number of pyridine rings is 1. The summed E-state index contributed by atoms with van der Waals surface area (Å²) in [4.78, 5) is 28.4. The molecule has 25 heavy (non-hydrogen) atoms. The van der Waals surface area contributed by atoms with Crippen molar-refractivity contribution in [3.05, 3.63) is 53.9 Å². The maximum Gasteiger partial charge on any atom is 0.252 e. The third kappa shape index (κ3) is 4.26. The smallest absolute Gasteiger partial charge is 0.252 e. The van der Waals surface area contributed by atoms with Crippen molar-refractivity contribution in [1.29, 1.82) is 0 Å². The van der Waals surface area contributed by atoms with Crippen LogP contribution in [0.2, 0.25) is 0 Å². The van der Waals surface area contributed by atoms with E-state index >= 15 is 0 Å². The van der Waals surface area contributed by atoms with Crippen LogP contribution in [0.4, 0.5) is 0 Å². The Morgan fingerprint density at radius 1 is 1.12 bits per heavy atom. The number of carbonyl (C=O) groups is 2.